The van der Waals surface area contributed by atoms with Gasteiger partial charge >= 0.3 is 0 Å². The lowest BCUT2D eigenvalue weighted by molar-refractivity contribution is -0.117. The van der Waals surface area contributed by atoms with Crippen molar-refractivity contribution in [2.75, 3.05) is 19.6 Å². The molecule has 1 N–H and O–H groups in total. The Kier molecular flexibility index (Phi) is 7.34. The van der Waals surface area contributed by atoms with Gasteiger partial charge < -0.3 is 5.32 Å². The van der Waals surface area contributed by atoms with E-state index >= 15 is 0 Å². The zero-order valence-electron chi connectivity index (χ0n) is 21.6. The maximum absolute atomic E-state index is 13.4. The van der Waals surface area contributed by atoms with Crippen LogP contribution in [0.4, 0.5) is 0 Å². The van der Waals surface area contributed by atoms with Crippen molar-refractivity contribution in [2.24, 2.45) is 0 Å². The largest absolute Gasteiger partial charge is 0.350 e. The lowest BCUT2D eigenvalue weighted by Crippen LogP contribution is -2.44. The molecular weight excluding hydrogens is 486 g/mol. The molecule has 7 nitrogen and oxygen atoms in total. The molecule has 1 fully saturated rings. The van der Waals surface area contributed by atoms with Gasteiger partial charge in [0, 0.05) is 44.7 Å². The molecule has 2 atom stereocenters. The molecule has 0 radical (unpaired) electrons. The van der Waals surface area contributed by atoms with Gasteiger partial charge in [-0.1, -0.05) is 36.8 Å². The number of nitrogens with zero attached hydrogens (tertiary/aromatic N) is 2. The summed E-state index contributed by atoms with van der Waals surface area (Å²) in [6, 6.07) is 13.3. The normalized spacial score (nSPS) is 21.5. The predicted molar refractivity (Wildman–Crippen MR) is 143 cm³/mol. The van der Waals surface area contributed by atoms with E-state index in [-0.39, 0.29) is 40.7 Å². The molecule has 0 spiro atoms. The van der Waals surface area contributed by atoms with Crippen molar-refractivity contribution in [1.82, 2.24) is 14.5 Å². The molecule has 8 heteroatoms. The highest BCUT2D eigenvalue weighted by atomic mass is 32.2. The Morgan fingerprint density at radius 2 is 1.86 bits per heavy atom. The maximum atomic E-state index is 13.4. The van der Waals surface area contributed by atoms with Crippen molar-refractivity contribution >= 4 is 27.3 Å². The summed E-state index contributed by atoms with van der Waals surface area (Å²) in [5.74, 6) is -0.502. The molecule has 37 heavy (non-hydrogen) atoms. The quantitative estimate of drug-likeness (QED) is 0.630. The summed E-state index contributed by atoms with van der Waals surface area (Å²) < 4.78 is 28.4. The van der Waals surface area contributed by atoms with E-state index in [2.05, 4.69) is 41.4 Å². The number of carbonyl (C=O) groups is 2. The van der Waals surface area contributed by atoms with Crippen molar-refractivity contribution in [1.29, 1.82) is 0 Å². The second-order valence-electron chi connectivity index (χ2n) is 10.5. The van der Waals surface area contributed by atoms with Crippen LogP contribution >= 0.6 is 0 Å². The molecule has 2 unspecified atom stereocenters. The van der Waals surface area contributed by atoms with E-state index in [0.29, 0.717) is 24.2 Å². The molecule has 0 bridgehead atoms. The third kappa shape index (κ3) is 5.28. The average molecular weight is 522 g/mol. The topological polar surface area (TPSA) is 86.8 Å². The molecule has 2 aromatic rings. The Bertz CT molecular complexity index is 1350. The Balaban J connectivity index is 1.32. The van der Waals surface area contributed by atoms with Crippen LogP contribution in [0, 0.1) is 0 Å². The third-order valence-electron chi connectivity index (χ3n) is 7.98. The number of piperidine rings is 1. The van der Waals surface area contributed by atoms with Crippen molar-refractivity contribution in [3.05, 3.63) is 70.8 Å². The summed E-state index contributed by atoms with van der Waals surface area (Å²) in [6.07, 6.45) is 5.21. The van der Waals surface area contributed by atoms with Gasteiger partial charge in [0.1, 0.15) is 0 Å². The summed E-state index contributed by atoms with van der Waals surface area (Å²) in [5, 5.41) is 3.00. The Morgan fingerprint density at radius 1 is 1.08 bits per heavy atom. The molecule has 1 saturated heterocycles. The Morgan fingerprint density at radius 3 is 2.65 bits per heavy atom. The molecule has 0 saturated carbocycles. The number of rotatable bonds is 6. The van der Waals surface area contributed by atoms with Gasteiger partial charge in [0.15, 0.2) is 5.78 Å². The number of amides is 1. The molecule has 2 heterocycles. The summed E-state index contributed by atoms with van der Waals surface area (Å²) >= 11 is 0. The molecule has 3 aliphatic rings. The molecule has 0 aromatic heterocycles. The monoisotopic (exact) mass is 521 g/mol. The van der Waals surface area contributed by atoms with Gasteiger partial charge in [-0.3, -0.25) is 14.5 Å². The number of ketones is 1. The lowest BCUT2D eigenvalue weighted by atomic mass is 9.89. The molecule has 2 aromatic carbocycles. The summed E-state index contributed by atoms with van der Waals surface area (Å²) in [6.45, 7) is 6.73. The van der Waals surface area contributed by atoms with E-state index in [9.17, 15) is 18.0 Å². The Hall–Kier alpha value is -2.81. The van der Waals surface area contributed by atoms with Crippen molar-refractivity contribution < 1.29 is 18.0 Å². The molecular formula is C29H35N3O4S. The van der Waals surface area contributed by atoms with Gasteiger partial charge in [0.05, 0.1) is 10.5 Å². The van der Waals surface area contributed by atoms with Crippen molar-refractivity contribution in [3.63, 3.8) is 0 Å². The van der Waals surface area contributed by atoms with Crippen LogP contribution in [0.1, 0.15) is 55.4 Å². The minimum absolute atomic E-state index is 0.0575. The van der Waals surface area contributed by atoms with Gasteiger partial charge in [-0.15, -0.1) is 0 Å². The number of nitrogens with one attached hydrogen (secondary N) is 1. The molecule has 2 aliphatic heterocycles. The number of sulfonamides is 1. The van der Waals surface area contributed by atoms with Crippen LogP contribution in [0.3, 0.4) is 0 Å². The molecule has 5 rings (SSSR count). The van der Waals surface area contributed by atoms with Crippen molar-refractivity contribution in [2.45, 2.75) is 69.5 Å². The van der Waals surface area contributed by atoms with Crippen LogP contribution in [0.25, 0.3) is 5.57 Å². The van der Waals surface area contributed by atoms with Crippen LogP contribution in [-0.2, 0) is 39.0 Å². The summed E-state index contributed by atoms with van der Waals surface area (Å²) in [4.78, 5) is 28.2. The second kappa shape index (κ2) is 10.5. The van der Waals surface area contributed by atoms with E-state index in [1.165, 1.54) is 17.2 Å². The van der Waals surface area contributed by atoms with E-state index in [1.807, 2.05) is 6.92 Å². The number of hydrogen-bond donors (Lipinski definition) is 1. The van der Waals surface area contributed by atoms with Crippen LogP contribution < -0.4 is 5.32 Å². The average Bonchev–Trinajstić information content (AvgIpc) is 2.90. The third-order valence-corrected chi connectivity index (χ3v) is 9.99. The first kappa shape index (κ1) is 25.8. The fraction of sp³-hybridized carbons (Fsp3) is 0.448. The van der Waals surface area contributed by atoms with Crippen molar-refractivity contribution in [3.8, 4) is 0 Å². The number of fused-ring (bicyclic) bond motifs is 2. The number of hydrogen-bond acceptors (Lipinski definition) is 5. The molecule has 1 aliphatic carbocycles. The minimum Gasteiger partial charge on any atom is -0.350 e. The first-order valence-corrected chi connectivity index (χ1v) is 14.7. The summed E-state index contributed by atoms with van der Waals surface area (Å²) in [7, 11) is -3.69. The van der Waals surface area contributed by atoms with Crippen LogP contribution in [0.5, 0.6) is 0 Å². The second-order valence-corrected chi connectivity index (χ2v) is 12.4. The fourth-order valence-corrected chi connectivity index (χ4v) is 7.44. The van der Waals surface area contributed by atoms with Gasteiger partial charge in [0.25, 0.3) is 5.91 Å². The molecule has 1 amide bonds. The summed E-state index contributed by atoms with van der Waals surface area (Å²) in [5.41, 5.74) is 4.15. The van der Waals surface area contributed by atoms with Gasteiger partial charge in [0.2, 0.25) is 10.0 Å². The SMILES string of the molecule is CC(CNC(=O)C1=CC(=O)Cc2ccc(S(=O)(=O)N3CCCCC3C)cc21)N1CCc2ccccc2C1. The van der Waals surface area contributed by atoms with Gasteiger partial charge in [-0.2, -0.15) is 4.31 Å². The highest BCUT2D eigenvalue weighted by Crippen LogP contribution is 2.31. The number of allylic oxidation sites excluding steroid dienone is 1. The fourth-order valence-electron chi connectivity index (χ4n) is 5.71. The maximum Gasteiger partial charge on any atom is 0.252 e. The smallest absolute Gasteiger partial charge is 0.252 e. The Labute approximate surface area is 219 Å². The highest BCUT2D eigenvalue weighted by Gasteiger charge is 2.33. The zero-order chi connectivity index (χ0) is 26.2. The van der Waals surface area contributed by atoms with E-state index in [4.69, 9.17) is 0 Å². The molecule has 196 valence electrons. The lowest BCUT2D eigenvalue weighted by Gasteiger charge is -2.34. The van der Waals surface area contributed by atoms with Gasteiger partial charge in [-0.25, -0.2) is 8.42 Å². The first-order chi connectivity index (χ1) is 17.7. The zero-order valence-corrected chi connectivity index (χ0v) is 22.4. The highest BCUT2D eigenvalue weighted by molar-refractivity contribution is 7.89. The van der Waals surface area contributed by atoms with E-state index in [0.717, 1.165) is 38.8 Å². The minimum atomic E-state index is -3.69. The van der Waals surface area contributed by atoms with Crippen LogP contribution in [0.15, 0.2) is 53.4 Å². The van der Waals surface area contributed by atoms with Gasteiger partial charge in [-0.05, 0) is 73.6 Å². The van der Waals surface area contributed by atoms with Crippen LogP contribution in [0.2, 0.25) is 0 Å². The number of carbonyl (C=O) groups excluding carboxylic acids is 2. The number of benzene rings is 2. The standard InChI is InChI=1S/C29H35N3O4S/c1-20-7-5-6-13-32(20)37(35,36)26-11-10-23-15-25(33)16-28(27(23)17-26)29(34)30-18-21(2)31-14-12-22-8-3-4-9-24(22)19-31/h3-4,8-11,16-17,20-21H,5-7,12-15,18-19H2,1-2H3,(H,30,34). The van der Waals surface area contributed by atoms with E-state index < -0.39 is 10.0 Å². The van der Waals surface area contributed by atoms with Crippen LogP contribution in [-0.4, -0.2) is 61.0 Å². The predicted octanol–water partition coefficient (Wildman–Crippen LogP) is 3.32. The van der Waals surface area contributed by atoms with E-state index in [1.54, 1.807) is 22.5 Å². The first-order valence-electron chi connectivity index (χ1n) is 13.2.